The van der Waals surface area contributed by atoms with Gasteiger partial charge in [-0.05, 0) is 49.2 Å². The van der Waals surface area contributed by atoms with Crippen molar-refractivity contribution >= 4 is 11.7 Å². The molecule has 0 amide bonds. The van der Waals surface area contributed by atoms with Crippen molar-refractivity contribution in [2.24, 2.45) is 5.16 Å². The molecule has 36 heavy (non-hydrogen) atoms. The Morgan fingerprint density at radius 2 is 1.61 bits per heavy atom. The quantitative estimate of drug-likeness (QED) is 0.145. The lowest BCUT2D eigenvalue weighted by atomic mass is 10.1. The van der Waals surface area contributed by atoms with E-state index in [4.69, 9.17) is 18.7 Å². The predicted octanol–water partition coefficient (Wildman–Crippen LogP) is 6.10. The zero-order chi connectivity index (χ0) is 25.2. The predicted molar refractivity (Wildman–Crippen MR) is 136 cm³/mol. The molecule has 0 aliphatic heterocycles. The average Bonchev–Trinajstić information content (AvgIpc) is 3.29. The monoisotopic (exact) mass is 484 g/mol. The van der Waals surface area contributed by atoms with Crippen LogP contribution in [0.25, 0.3) is 11.5 Å². The normalized spacial score (nSPS) is 11.2. The zero-order valence-electron chi connectivity index (χ0n) is 20.3. The van der Waals surface area contributed by atoms with Gasteiger partial charge in [0.1, 0.15) is 30.4 Å². The molecule has 0 saturated carbocycles. The molecule has 7 heteroatoms. The molecule has 1 aromatic heterocycles. The Balaban J connectivity index is 1.33. The Bertz CT molecular complexity index is 1280. The fraction of sp³-hybridized carbons (Fsp3) is 0.207. The van der Waals surface area contributed by atoms with Gasteiger partial charge in [0.2, 0.25) is 5.89 Å². The summed E-state index contributed by atoms with van der Waals surface area (Å²) in [4.78, 5) is 22.1. The van der Waals surface area contributed by atoms with E-state index in [0.29, 0.717) is 30.6 Å². The molecule has 0 fully saturated rings. The molecule has 1 heterocycles. The number of carbonyl (C=O) groups excluding carboxylic acids is 1. The first-order chi connectivity index (χ1) is 17.6. The molecule has 184 valence electrons. The van der Waals surface area contributed by atoms with E-state index in [1.54, 1.807) is 6.92 Å². The van der Waals surface area contributed by atoms with Gasteiger partial charge in [-0.1, -0.05) is 65.8 Å². The van der Waals surface area contributed by atoms with Gasteiger partial charge in [0.25, 0.3) is 0 Å². The Morgan fingerprint density at radius 1 is 0.917 bits per heavy atom. The number of ether oxygens (including phenoxy) is 2. The van der Waals surface area contributed by atoms with E-state index in [1.165, 1.54) is 0 Å². The summed E-state index contributed by atoms with van der Waals surface area (Å²) in [6.07, 6.45) is 0.0398. The average molecular weight is 485 g/mol. The van der Waals surface area contributed by atoms with Gasteiger partial charge in [0, 0.05) is 5.56 Å². The van der Waals surface area contributed by atoms with Crippen molar-refractivity contribution in [3.63, 3.8) is 0 Å². The third-order valence-electron chi connectivity index (χ3n) is 5.34. The summed E-state index contributed by atoms with van der Waals surface area (Å²) in [5.41, 5.74) is 3.93. The molecule has 0 atom stereocenters. The van der Waals surface area contributed by atoms with Gasteiger partial charge in [0.15, 0.2) is 0 Å². The number of oxazole rings is 1. The fourth-order valence-electron chi connectivity index (χ4n) is 3.45. The van der Waals surface area contributed by atoms with Crippen molar-refractivity contribution < 1.29 is 23.5 Å². The molecule has 0 aliphatic carbocycles. The summed E-state index contributed by atoms with van der Waals surface area (Å²) in [6.45, 7) is 4.53. The minimum absolute atomic E-state index is 0.0398. The van der Waals surface area contributed by atoms with Crippen LogP contribution in [0.3, 0.4) is 0 Å². The Labute approximate surface area is 210 Å². The zero-order valence-corrected chi connectivity index (χ0v) is 20.3. The SMILES string of the molecule is CCOC(=O)C/C(=N/OCc1ccc(OCc2nc(-c3ccccc3)oc2C)cc1)c1ccccc1. The van der Waals surface area contributed by atoms with E-state index >= 15 is 0 Å². The number of esters is 1. The van der Waals surface area contributed by atoms with Crippen molar-refractivity contribution in [3.05, 3.63) is 108 Å². The Kier molecular flexibility index (Phi) is 8.48. The van der Waals surface area contributed by atoms with Crippen molar-refractivity contribution in [2.45, 2.75) is 33.5 Å². The third kappa shape index (κ3) is 6.82. The van der Waals surface area contributed by atoms with E-state index in [2.05, 4.69) is 10.1 Å². The number of oxime groups is 1. The minimum atomic E-state index is -0.344. The first-order valence-electron chi connectivity index (χ1n) is 11.8. The molecule has 0 spiro atoms. The maximum absolute atomic E-state index is 12.0. The van der Waals surface area contributed by atoms with Crippen LogP contribution in [0.5, 0.6) is 5.75 Å². The van der Waals surface area contributed by atoms with Crippen LogP contribution in [0.2, 0.25) is 0 Å². The number of aryl methyl sites for hydroxylation is 1. The maximum Gasteiger partial charge on any atom is 0.312 e. The highest BCUT2D eigenvalue weighted by atomic mass is 16.6. The first-order valence-corrected chi connectivity index (χ1v) is 11.8. The number of aromatic nitrogens is 1. The van der Waals surface area contributed by atoms with Gasteiger partial charge in [0.05, 0.1) is 18.7 Å². The lowest BCUT2D eigenvalue weighted by Crippen LogP contribution is -2.13. The van der Waals surface area contributed by atoms with Gasteiger partial charge in [-0.15, -0.1) is 0 Å². The molecular formula is C29H28N2O5. The van der Waals surface area contributed by atoms with E-state index in [1.807, 2.05) is 91.9 Å². The molecule has 0 radical (unpaired) electrons. The number of benzene rings is 3. The molecule has 3 aromatic carbocycles. The molecule has 0 saturated heterocycles. The van der Waals surface area contributed by atoms with Crippen LogP contribution in [0.4, 0.5) is 0 Å². The highest BCUT2D eigenvalue weighted by Crippen LogP contribution is 2.23. The van der Waals surface area contributed by atoms with Gasteiger partial charge < -0.3 is 18.7 Å². The molecule has 0 aliphatic rings. The maximum atomic E-state index is 12.0. The van der Waals surface area contributed by atoms with Crippen LogP contribution in [0.1, 0.15) is 35.9 Å². The number of hydrogen-bond donors (Lipinski definition) is 0. The van der Waals surface area contributed by atoms with Gasteiger partial charge in [-0.25, -0.2) is 4.98 Å². The van der Waals surface area contributed by atoms with Crippen molar-refractivity contribution in [3.8, 4) is 17.2 Å². The standard InChI is InChI=1S/C29H28N2O5/c1-3-33-28(32)18-26(23-10-6-4-7-11-23)31-35-19-22-14-16-25(17-15-22)34-20-27-21(2)36-29(30-27)24-12-8-5-9-13-24/h4-17H,3,18-20H2,1-2H3/b31-26-. The fourth-order valence-corrected chi connectivity index (χ4v) is 3.45. The van der Waals surface area contributed by atoms with Crippen molar-refractivity contribution in [2.75, 3.05) is 6.61 Å². The number of hydrogen-bond acceptors (Lipinski definition) is 7. The van der Waals surface area contributed by atoms with Crippen LogP contribution >= 0.6 is 0 Å². The third-order valence-corrected chi connectivity index (χ3v) is 5.34. The molecule has 4 rings (SSSR count). The van der Waals surface area contributed by atoms with E-state index in [0.717, 1.165) is 28.1 Å². The highest BCUT2D eigenvalue weighted by Gasteiger charge is 2.13. The second kappa shape index (κ2) is 12.4. The lowest BCUT2D eigenvalue weighted by Gasteiger charge is -2.08. The second-order valence-corrected chi connectivity index (χ2v) is 7.98. The summed E-state index contributed by atoms with van der Waals surface area (Å²) >= 11 is 0. The summed E-state index contributed by atoms with van der Waals surface area (Å²) in [7, 11) is 0. The van der Waals surface area contributed by atoms with E-state index in [9.17, 15) is 4.79 Å². The van der Waals surface area contributed by atoms with Crippen molar-refractivity contribution in [1.82, 2.24) is 4.98 Å². The van der Waals surface area contributed by atoms with Crippen LogP contribution in [-0.4, -0.2) is 23.3 Å². The summed E-state index contributed by atoms with van der Waals surface area (Å²) in [5, 5.41) is 4.21. The number of nitrogens with zero attached hydrogens (tertiary/aromatic N) is 2. The smallest absolute Gasteiger partial charge is 0.312 e. The lowest BCUT2D eigenvalue weighted by molar-refractivity contribution is -0.141. The van der Waals surface area contributed by atoms with Crippen LogP contribution in [0, 0.1) is 6.92 Å². The van der Waals surface area contributed by atoms with Crippen molar-refractivity contribution in [1.29, 1.82) is 0 Å². The topological polar surface area (TPSA) is 83.2 Å². The summed E-state index contributed by atoms with van der Waals surface area (Å²) in [6, 6.07) is 26.8. The summed E-state index contributed by atoms with van der Waals surface area (Å²) in [5.74, 6) is 1.67. The van der Waals surface area contributed by atoms with Gasteiger partial charge >= 0.3 is 5.97 Å². The minimum Gasteiger partial charge on any atom is -0.487 e. The largest absolute Gasteiger partial charge is 0.487 e. The summed E-state index contributed by atoms with van der Waals surface area (Å²) < 4.78 is 16.8. The molecule has 0 N–H and O–H groups in total. The van der Waals surface area contributed by atoms with Crippen LogP contribution in [0.15, 0.2) is 94.5 Å². The van der Waals surface area contributed by atoms with Crippen LogP contribution < -0.4 is 4.74 Å². The number of carbonyl (C=O) groups is 1. The van der Waals surface area contributed by atoms with Gasteiger partial charge in [-0.2, -0.15) is 0 Å². The number of rotatable bonds is 11. The molecule has 7 nitrogen and oxygen atoms in total. The van der Waals surface area contributed by atoms with Crippen LogP contribution in [-0.2, 0) is 27.6 Å². The van der Waals surface area contributed by atoms with Gasteiger partial charge in [-0.3, -0.25) is 4.79 Å². The first kappa shape index (κ1) is 24.7. The van der Waals surface area contributed by atoms with E-state index in [-0.39, 0.29) is 19.0 Å². The Hall–Kier alpha value is -4.39. The second-order valence-electron chi connectivity index (χ2n) is 7.98. The Morgan fingerprint density at radius 3 is 2.31 bits per heavy atom. The molecule has 0 unspecified atom stereocenters. The van der Waals surface area contributed by atoms with E-state index < -0.39 is 0 Å². The molecular weight excluding hydrogens is 456 g/mol. The molecule has 4 aromatic rings. The highest BCUT2D eigenvalue weighted by molar-refractivity contribution is 6.09. The molecule has 0 bridgehead atoms.